The van der Waals surface area contributed by atoms with Crippen LogP contribution in [0.15, 0.2) is 11.6 Å². The predicted octanol–water partition coefficient (Wildman–Crippen LogP) is 4.52. The molecule has 4 heteroatoms. The largest absolute Gasteiger partial charge is 0.465 e. The van der Waals surface area contributed by atoms with Crippen LogP contribution in [0, 0.1) is 28.6 Å². The highest BCUT2D eigenvalue weighted by molar-refractivity contribution is 5.66. The Morgan fingerprint density at radius 1 is 1.07 bits per heavy atom. The van der Waals surface area contributed by atoms with E-state index in [0.29, 0.717) is 24.0 Å². The van der Waals surface area contributed by atoms with Crippen molar-refractivity contribution < 1.29 is 19.0 Å². The second-order valence-electron chi connectivity index (χ2n) is 9.70. The van der Waals surface area contributed by atoms with Crippen LogP contribution in [0.3, 0.4) is 0 Å². The molecule has 0 bridgehead atoms. The average molecular weight is 377 g/mol. The molecule has 0 amide bonds. The molecule has 4 aliphatic carbocycles. The fourth-order valence-corrected chi connectivity index (χ4v) is 7.52. The minimum Gasteiger partial charge on any atom is -0.465 e. The molecule has 4 aliphatic rings. The van der Waals surface area contributed by atoms with E-state index >= 15 is 0 Å². The molecule has 4 rings (SSSR count). The number of hydrogen-bond acceptors (Lipinski definition) is 4. The van der Waals surface area contributed by atoms with Gasteiger partial charge in [0.2, 0.25) is 0 Å². The molecule has 0 radical (unpaired) electrons. The van der Waals surface area contributed by atoms with Crippen molar-refractivity contribution in [2.75, 3.05) is 20.8 Å². The van der Waals surface area contributed by atoms with E-state index in [9.17, 15) is 4.79 Å². The van der Waals surface area contributed by atoms with Crippen molar-refractivity contribution in [3.8, 4) is 0 Å². The van der Waals surface area contributed by atoms with Crippen LogP contribution in [-0.2, 0) is 19.0 Å². The van der Waals surface area contributed by atoms with E-state index in [-0.39, 0.29) is 17.5 Å². The number of hydrogen-bond donors (Lipinski definition) is 0. The summed E-state index contributed by atoms with van der Waals surface area (Å²) in [6.45, 7) is 4.57. The second-order valence-corrected chi connectivity index (χ2v) is 9.70. The molecule has 7 atom stereocenters. The zero-order chi connectivity index (χ0) is 19.2. The Labute approximate surface area is 164 Å². The van der Waals surface area contributed by atoms with Crippen LogP contribution in [0.1, 0.15) is 65.2 Å². The molecule has 3 fully saturated rings. The van der Waals surface area contributed by atoms with Gasteiger partial charge in [-0.05, 0) is 74.5 Å². The van der Waals surface area contributed by atoms with Gasteiger partial charge in [-0.25, -0.2) is 0 Å². The van der Waals surface area contributed by atoms with Crippen molar-refractivity contribution in [1.82, 2.24) is 0 Å². The normalized spacial score (nSPS) is 46.1. The Morgan fingerprint density at radius 2 is 1.89 bits per heavy atom. The van der Waals surface area contributed by atoms with Gasteiger partial charge in [0.15, 0.2) is 0 Å². The summed E-state index contributed by atoms with van der Waals surface area (Å²) in [4.78, 5) is 11.7. The molecule has 0 aliphatic heterocycles. The van der Waals surface area contributed by atoms with Crippen LogP contribution in [0.5, 0.6) is 0 Å². The van der Waals surface area contributed by atoms with Crippen molar-refractivity contribution in [2.45, 2.75) is 77.4 Å². The van der Waals surface area contributed by atoms with Gasteiger partial charge in [0.1, 0.15) is 6.61 Å². The van der Waals surface area contributed by atoms with E-state index in [0.717, 1.165) is 31.1 Å². The molecule has 0 aromatic carbocycles. The molecule has 0 saturated heterocycles. The molecule has 4 nitrogen and oxygen atoms in total. The number of carbonyl (C=O) groups excluding carboxylic acids is 1. The first-order valence-electron chi connectivity index (χ1n) is 10.8. The van der Waals surface area contributed by atoms with E-state index in [1.165, 1.54) is 37.7 Å². The summed E-state index contributed by atoms with van der Waals surface area (Å²) in [5.74, 6) is 1.96. The second kappa shape index (κ2) is 7.18. The smallest absolute Gasteiger partial charge is 0.302 e. The van der Waals surface area contributed by atoms with Crippen LogP contribution >= 0.6 is 0 Å². The van der Waals surface area contributed by atoms with E-state index in [4.69, 9.17) is 14.2 Å². The number of esters is 1. The van der Waals surface area contributed by atoms with Crippen LogP contribution in [-0.4, -0.2) is 39.0 Å². The third kappa shape index (κ3) is 2.98. The molecule has 0 heterocycles. The van der Waals surface area contributed by atoms with Gasteiger partial charge in [-0.1, -0.05) is 18.6 Å². The maximum absolute atomic E-state index is 11.7. The summed E-state index contributed by atoms with van der Waals surface area (Å²) < 4.78 is 17.3. The Hall–Kier alpha value is -0.870. The van der Waals surface area contributed by atoms with Crippen LogP contribution in [0.2, 0.25) is 0 Å². The zero-order valence-electron chi connectivity index (χ0n) is 17.5. The summed E-state index contributed by atoms with van der Waals surface area (Å²) in [5.41, 5.74) is 1.87. The summed E-state index contributed by atoms with van der Waals surface area (Å²) in [5, 5.41) is 0. The summed E-state index contributed by atoms with van der Waals surface area (Å²) in [6, 6.07) is 0. The highest BCUT2D eigenvalue weighted by atomic mass is 16.5. The standard InChI is InChI=1S/C23H36O4/c1-15(24)27-14-23-12-9-17(25-3)13-16(23)5-6-18-19-7-8-21(26-4)22(19,2)11-10-20(18)23/h13,17-21H,5-12,14H2,1-4H3/t17-,18-,19-,20-,21-,22-,23+/m0/s1. The summed E-state index contributed by atoms with van der Waals surface area (Å²) in [6.07, 6.45) is 12.5. The lowest BCUT2D eigenvalue weighted by atomic mass is 9.47. The summed E-state index contributed by atoms with van der Waals surface area (Å²) >= 11 is 0. The highest BCUT2D eigenvalue weighted by Crippen LogP contribution is 2.65. The molecule has 3 saturated carbocycles. The van der Waals surface area contributed by atoms with E-state index < -0.39 is 0 Å². The quantitative estimate of drug-likeness (QED) is 0.534. The maximum atomic E-state index is 11.7. The number of rotatable bonds is 4. The lowest BCUT2D eigenvalue weighted by Gasteiger charge is -2.59. The Balaban J connectivity index is 1.67. The molecule has 0 spiro atoms. The molecular formula is C23H36O4. The van der Waals surface area contributed by atoms with Crippen LogP contribution in [0.25, 0.3) is 0 Å². The monoisotopic (exact) mass is 376 g/mol. The lowest BCUT2D eigenvalue weighted by molar-refractivity contribution is -0.151. The van der Waals surface area contributed by atoms with Crippen LogP contribution in [0.4, 0.5) is 0 Å². The molecule has 152 valence electrons. The average Bonchev–Trinajstić information content (AvgIpc) is 3.02. The molecule has 27 heavy (non-hydrogen) atoms. The van der Waals surface area contributed by atoms with Crippen molar-refractivity contribution in [3.63, 3.8) is 0 Å². The van der Waals surface area contributed by atoms with E-state index in [2.05, 4.69) is 13.0 Å². The van der Waals surface area contributed by atoms with Crippen molar-refractivity contribution in [1.29, 1.82) is 0 Å². The fraction of sp³-hybridized carbons (Fsp3) is 0.870. The first kappa shape index (κ1) is 19.4. The minimum atomic E-state index is -0.152. The number of methoxy groups -OCH3 is 2. The molecule has 0 aromatic rings. The van der Waals surface area contributed by atoms with E-state index in [1.807, 2.05) is 14.2 Å². The van der Waals surface area contributed by atoms with Gasteiger partial charge in [-0.15, -0.1) is 0 Å². The predicted molar refractivity (Wildman–Crippen MR) is 104 cm³/mol. The third-order valence-corrected chi connectivity index (χ3v) is 8.83. The van der Waals surface area contributed by atoms with Gasteiger partial charge >= 0.3 is 5.97 Å². The van der Waals surface area contributed by atoms with Gasteiger partial charge in [-0.3, -0.25) is 4.79 Å². The van der Waals surface area contributed by atoms with Crippen molar-refractivity contribution in [3.05, 3.63) is 11.6 Å². The summed E-state index contributed by atoms with van der Waals surface area (Å²) in [7, 11) is 3.70. The maximum Gasteiger partial charge on any atom is 0.302 e. The SMILES string of the molecule is CO[C@@H]1C=C2CC[C@@H]3[C@H](CC[C@]4(C)[C@@H](OC)CC[C@@H]34)[C@@]2(COC(C)=O)CC1. The van der Waals surface area contributed by atoms with Gasteiger partial charge in [0.25, 0.3) is 0 Å². The zero-order valence-corrected chi connectivity index (χ0v) is 17.5. The minimum absolute atomic E-state index is 0.0378. The first-order valence-corrected chi connectivity index (χ1v) is 10.8. The van der Waals surface area contributed by atoms with Gasteiger partial charge in [0, 0.05) is 26.6 Å². The Bertz CT molecular complexity index is 613. The Morgan fingerprint density at radius 3 is 2.59 bits per heavy atom. The first-order chi connectivity index (χ1) is 12.9. The van der Waals surface area contributed by atoms with E-state index in [1.54, 1.807) is 6.92 Å². The van der Waals surface area contributed by atoms with Gasteiger partial charge in [-0.2, -0.15) is 0 Å². The highest BCUT2D eigenvalue weighted by Gasteiger charge is 2.60. The topological polar surface area (TPSA) is 44.8 Å². The van der Waals surface area contributed by atoms with Crippen molar-refractivity contribution >= 4 is 5.97 Å². The third-order valence-electron chi connectivity index (χ3n) is 8.83. The van der Waals surface area contributed by atoms with Gasteiger partial charge in [0.05, 0.1) is 12.2 Å². The number of carbonyl (C=O) groups is 1. The molecule has 0 aromatic heterocycles. The molecule has 0 unspecified atom stereocenters. The number of fused-ring (bicyclic) bond motifs is 5. The van der Waals surface area contributed by atoms with Crippen LogP contribution < -0.4 is 0 Å². The van der Waals surface area contributed by atoms with Crippen molar-refractivity contribution in [2.24, 2.45) is 28.6 Å². The van der Waals surface area contributed by atoms with Gasteiger partial charge < -0.3 is 14.2 Å². The molecule has 0 N–H and O–H groups in total. The lowest BCUT2D eigenvalue weighted by Crippen LogP contribution is -2.54. The fourth-order valence-electron chi connectivity index (χ4n) is 7.52. The molecular weight excluding hydrogens is 340 g/mol. The number of ether oxygens (including phenoxy) is 3. The Kier molecular flexibility index (Phi) is 5.17.